The molecule has 0 saturated carbocycles. The Kier molecular flexibility index (Phi) is 5.35. The number of methoxy groups -OCH3 is 1. The van der Waals surface area contributed by atoms with E-state index in [-0.39, 0.29) is 30.2 Å². The zero-order chi connectivity index (χ0) is 21.3. The maximum atomic E-state index is 14.9. The van der Waals surface area contributed by atoms with Crippen molar-refractivity contribution in [2.45, 2.75) is 19.5 Å². The number of nitrogens with zero attached hydrogens (tertiary/aromatic N) is 2. The van der Waals surface area contributed by atoms with Crippen LogP contribution >= 0.6 is 0 Å². The molecule has 0 saturated heterocycles. The lowest BCUT2D eigenvalue weighted by atomic mass is 10.0. The Labute approximate surface area is 172 Å². The first-order chi connectivity index (χ1) is 14.5. The minimum Gasteiger partial charge on any atom is -0.497 e. The fraction of sp³-hybridized carbons (Fsp3) is 0.217. The van der Waals surface area contributed by atoms with Crippen molar-refractivity contribution in [2.75, 3.05) is 13.7 Å². The molecule has 2 aromatic carbocycles. The summed E-state index contributed by atoms with van der Waals surface area (Å²) in [6.45, 7) is 2.06. The first kappa shape index (κ1) is 19.8. The molecule has 1 aromatic heterocycles. The zero-order valence-electron chi connectivity index (χ0n) is 16.6. The highest BCUT2D eigenvalue weighted by Gasteiger charge is 2.35. The van der Waals surface area contributed by atoms with E-state index in [1.807, 2.05) is 13.0 Å². The molecule has 7 heteroatoms. The van der Waals surface area contributed by atoms with Gasteiger partial charge in [-0.25, -0.2) is 13.8 Å². The van der Waals surface area contributed by atoms with Gasteiger partial charge in [-0.3, -0.25) is 4.79 Å². The van der Waals surface area contributed by atoms with Gasteiger partial charge in [0.25, 0.3) is 5.91 Å². The van der Waals surface area contributed by atoms with E-state index in [0.29, 0.717) is 17.2 Å². The molecule has 1 aliphatic rings. The minimum absolute atomic E-state index is 0.0120. The SMILES string of the molecule is COc1ccc(C(COc2cccc(C)n2)N2Cc3ccc(F)cc3C2=O)c(F)c1. The Morgan fingerprint density at radius 1 is 1.13 bits per heavy atom. The summed E-state index contributed by atoms with van der Waals surface area (Å²) in [7, 11) is 1.45. The zero-order valence-corrected chi connectivity index (χ0v) is 16.6. The highest BCUT2D eigenvalue weighted by atomic mass is 19.1. The van der Waals surface area contributed by atoms with Crippen LogP contribution in [0, 0.1) is 18.6 Å². The van der Waals surface area contributed by atoms with Gasteiger partial charge in [0.1, 0.15) is 24.0 Å². The second-order valence-corrected chi connectivity index (χ2v) is 7.07. The van der Waals surface area contributed by atoms with Crippen LogP contribution in [0.15, 0.2) is 54.6 Å². The topological polar surface area (TPSA) is 51.7 Å². The number of pyridine rings is 1. The van der Waals surface area contributed by atoms with Crippen LogP contribution in [0.1, 0.15) is 33.2 Å². The van der Waals surface area contributed by atoms with Crippen LogP contribution in [0.2, 0.25) is 0 Å². The van der Waals surface area contributed by atoms with Crippen molar-refractivity contribution in [1.29, 1.82) is 0 Å². The predicted molar refractivity (Wildman–Crippen MR) is 106 cm³/mol. The van der Waals surface area contributed by atoms with E-state index >= 15 is 0 Å². The van der Waals surface area contributed by atoms with E-state index in [1.54, 1.807) is 30.3 Å². The lowest BCUT2D eigenvalue weighted by Gasteiger charge is -2.28. The number of benzene rings is 2. The van der Waals surface area contributed by atoms with Gasteiger partial charge >= 0.3 is 0 Å². The lowest BCUT2D eigenvalue weighted by Crippen LogP contribution is -2.33. The first-order valence-corrected chi connectivity index (χ1v) is 9.45. The molecule has 1 amide bonds. The third-order valence-corrected chi connectivity index (χ3v) is 5.10. The summed E-state index contributed by atoms with van der Waals surface area (Å²) in [5, 5.41) is 0. The van der Waals surface area contributed by atoms with Gasteiger partial charge in [-0.05, 0) is 36.8 Å². The summed E-state index contributed by atoms with van der Waals surface area (Å²) in [5.74, 6) is -0.629. The van der Waals surface area contributed by atoms with Gasteiger partial charge in [-0.1, -0.05) is 18.2 Å². The van der Waals surface area contributed by atoms with Crippen LogP contribution in [0.5, 0.6) is 11.6 Å². The summed E-state index contributed by atoms with van der Waals surface area (Å²) in [5.41, 5.74) is 2.03. The number of hydrogen-bond acceptors (Lipinski definition) is 4. The number of carbonyl (C=O) groups is 1. The molecule has 1 aliphatic heterocycles. The van der Waals surface area contributed by atoms with Crippen molar-refractivity contribution in [3.05, 3.63) is 88.6 Å². The number of hydrogen-bond donors (Lipinski definition) is 0. The van der Waals surface area contributed by atoms with E-state index in [2.05, 4.69) is 4.98 Å². The molecule has 0 spiro atoms. The van der Waals surface area contributed by atoms with Crippen molar-refractivity contribution in [3.8, 4) is 11.6 Å². The van der Waals surface area contributed by atoms with E-state index in [1.165, 1.54) is 30.2 Å². The second kappa shape index (κ2) is 8.10. The highest BCUT2D eigenvalue weighted by Crippen LogP contribution is 2.34. The molecule has 2 heterocycles. The number of ether oxygens (including phenoxy) is 2. The lowest BCUT2D eigenvalue weighted by molar-refractivity contribution is 0.0627. The number of amides is 1. The summed E-state index contributed by atoms with van der Waals surface area (Å²) in [6, 6.07) is 13.2. The van der Waals surface area contributed by atoms with E-state index in [0.717, 1.165) is 5.69 Å². The van der Waals surface area contributed by atoms with Crippen LogP contribution < -0.4 is 9.47 Å². The first-order valence-electron chi connectivity index (χ1n) is 9.45. The maximum absolute atomic E-state index is 14.9. The Morgan fingerprint density at radius 2 is 1.97 bits per heavy atom. The number of rotatable bonds is 6. The summed E-state index contributed by atoms with van der Waals surface area (Å²) < 4.78 is 39.5. The smallest absolute Gasteiger partial charge is 0.255 e. The van der Waals surface area contributed by atoms with Gasteiger partial charge in [-0.15, -0.1) is 0 Å². The number of fused-ring (bicyclic) bond motifs is 1. The highest BCUT2D eigenvalue weighted by molar-refractivity contribution is 5.98. The molecular formula is C23H20F2N2O3. The van der Waals surface area contributed by atoms with Crippen molar-refractivity contribution in [3.63, 3.8) is 0 Å². The minimum atomic E-state index is -0.735. The molecular weight excluding hydrogens is 390 g/mol. The standard InChI is InChI=1S/C23H20F2N2O3/c1-14-4-3-5-22(26-14)30-13-21(18-9-8-17(29-2)11-20(18)25)27-12-15-6-7-16(24)10-19(15)23(27)28/h3-11,21H,12-13H2,1-2H3. The van der Waals surface area contributed by atoms with Gasteiger partial charge in [0.15, 0.2) is 0 Å². The van der Waals surface area contributed by atoms with Crippen LogP contribution in [-0.2, 0) is 6.54 Å². The molecule has 30 heavy (non-hydrogen) atoms. The van der Waals surface area contributed by atoms with Gasteiger partial charge in [0, 0.05) is 35.5 Å². The van der Waals surface area contributed by atoms with Gasteiger partial charge in [0.05, 0.1) is 13.2 Å². The normalized spacial score (nSPS) is 13.9. The predicted octanol–water partition coefficient (Wildman–Crippen LogP) is 4.45. The van der Waals surface area contributed by atoms with Crippen molar-refractivity contribution in [2.24, 2.45) is 0 Å². The second-order valence-electron chi connectivity index (χ2n) is 7.07. The third kappa shape index (κ3) is 3.83. The average molecular weight is 410 g/mol. The van der Waals surface area contributed by atoms with Gasteiger partial charge in [0.2, 0.25) is 5.88 Å². The molecule has 0 radical (unpaired) electrons. The molecule has 1 atom stereocenters. The molecule has 5 nitrogen and oxygen atoms in total. The Bertz CT molecular complexity index is 1100. The maximum Gasteiger partial charge on any atom is 0.255 e. The Hall–Kier alpha value is -3.48. The van der Waals surface area contributed by atoms with E-state index < -0.39 is 17.7 Å². The van der Waals surface area contributed by atoms with E-state index in [9.17, 15) is 13.6 Å². The average Bonchev–Trinajstić information content (AvgIpc) is 3.05. The van der Waals surface area contributed by atoms with Crippen molar-refractivity contribution in [1.82, 2.24) is 9.88 Å². The number of carbonyl (C=O) groups excluding carboxylic acids is 1. The largest absolute Gasteiger partial charge is 0.497 e. The molecule has 0 fully saturated rings. The quantitative estimate of drug-likeness (QED) is 0.602. The molecule has 0 bridgehead atoms. The fourth-order valence-corrected chi connectivity index (χ4v) is 3.56. The fourth-order valence-electron chi connectivity index (χ4n) is 3.56. The van der Waals surface area contributed by atoms with Gasteiger partial charge in [-0.2, -0.15) is 0 Å². The van der Waals surface area contributed by atoms with Crippen molar-refractivity contribution < 1.29 is 23.0 Å². The van der Waals surface area contributed by atoms with Crippen LogP contribution in [0.3, 0.4) is 0 Å². The molecule has 4 rings (SSSR count). The van der Waals surface area contributed by atoms with E-state index in [4.69, 9.17) is 9.47 Å². The molecule has 0 N–H and O–H groups in total. The number of aryl methyl sites for hydroxylation is 1. The summed E-state index contributed by atoms with van der Waals surface area (Å²) >= 11 is 0. The van der Waals surface area contributed by atoms with Crippen molar-refractivity contribution >= 4 is 5.91 Å². The van der Waals surface area contributed by atoms with Crippen LogP contribution in [-0.4, -0.2) is 29.5 Å². The number of halogens is 2. The molecule has 154 valence electrons. The Morgan fingerprint density at radius 3 is 2.70 bits per heavy atom. The Balaban J connectivity index is 1.68. The molecule has 1 unspecified atom stereocenters. The summed E-state index contributed by atoms with van der Waals surface area (Å²) in [6.07, 6.45) is 0. The summed E-state index contributed by atoms with van der Waals surface area (Å²) in [4.78, 5) is 18.8. The third-order valence-electron chi connectivity index (χ3n) is 5.10. The van der Waals surface area contributed by atoms with Crippen LogP contribution in [0.4, 0.5) is 8.78 Å². The number of aromatic nitrogens is 1. The van der Waals surface area contributed by atoms with Gasteiger partial charge < -0.3 is 14.4 Å². The monoisotopic (exact) mass is 410 g/mol. The molecule has 3 aromatic rings. The molecule has 0 aliphatic carbocycles. The van der Waals surface area contributed by atoms with Crippen LogP contribution in [0.25, 0.3) is 0 Å².